The summed E-state index contributed by atoms with van der Waals surface area (Å²) in [6.07, 6.45) is -8.76. The normalized spacial score (nSPS) is 24.5. The number of imidazole rings is 1. The van der Waals surface area contributed by atoms with Gasteiger partial charge in [0.1, 0.15) is 59.9 Å². The molecule has 9 N–H and O–H groups in total. The highest BCUT2D eigenvalue weighted by molar-refractivity contribution is 8.77. The molecule has 3 aromatic rings. The van der Waals surface area contributed by atoms with Crippen molar-refractivity contribution in [3.63, 3.8) is 0 Å². The van der Waals surface area contributed by atoms with Crippen LogP contribution in [0, 0.1) is 0 Å². The van der Waals surface area contributed by atoms with Crippen LogP contribution in [-0.4, -0.2) is 133 Å². The molecule has 0 aliphatic carbocycles. The quantitative estimate of drug-likeness (QED) is 0.0213. The molecule has 3 aromatic heterocycles. The molecular weight excluding hydrogens is 935 g/mol. The molecule has 28 nitrogen and oxygen atoms in total. The highest BCUT2D eigenvalue weighted by Crippen LogP contribution is 2.50. The number of carbonyl (C=O) groups excluding carboxylic acids is 2. The van der Waals surface area contributed by atoms with Gasteiger partial charge in [0.15, 0.2) is 23.8 Å². The smallest absolute Gasteiger partial charge is 0.455 e. The monoisotopic (exact) mass is 982 g/mol. The van der Waals surface area contributed by atoms with E-state index in [9.17, 15) is 43.3 Å². The fraction of sp³-hybridized carbons (Fsp3) is 0.656. The average Bonchev–Trinajstić information content (AvgIpc) is 3.88. The number of nitrogens with two attached hydrogens (primary N) is 2. The van der Waals surface area contributed by atoms with Gasteiger partial charge in [-0.1, -0.05) is 40.5 Å². The minimum Gasteiger partial charge on any atom is -0.455 e. The number of carbonyl (C=O) groups is 2. The van der Waals surface area contributed by atoms with E-state index in [-0.39, 0.29) is 47.4 Å². The number of hydrogen-bond acceptors (Lipinski definition) is 22. The second-order valence-corrected chi connectivity index (χ2v) is 21.1. The minimum absolute atomic E-state index is 0.0162. The average molecular weight is 983 g/mol. The number of rotatable bonds is 20. The molecule has 354 valence electrons. The van der Waals surface area contributed by atoms with Crippen LogP contribution in [0.15, 0.2) is 34.8 Å². The lowest BCUT2D eigenvalue weighted by Crippen LogP contribution is -2.49. The fourth-order valence-corrected chi connectivity index (χ4v) is 9.84. The van der Waals surface area contributed by atoms with Crippen LogP contribution in [0.1, 0.15) is 59.9 Å². The first kappa shape index (κ1) is 50.9. The van der Waals surface area contributed by atoms with Crippen molar-refractivity contribution in [2.75, 3.05) is 31.2 Å². The Labute approximate surface area is 371 Å². The summed E-state index contributed by atoms with van der Waals surface area (Å²) in [5.74, 6) is -1.25. The summed E-state index contributed by atoms with van der Waals surface area (Å²) in [6, 6.07) is -0.217. The maximum Gasteiger partial charge on any atom is 0.472 e. The van der Waals surface area contributed by atoms with Crippen LogP contribution in [0.25, 0.3) is 21.6 Å². The number of alkyl carbamates (subject to hydrolysis) is 1. The molecule has 2 aliphatic rings. The Morgan fingerprint density at radius 3 is 2.47 bits per heavy atom. The van der Waals surface area contributed by atoms with Crippen LogP contribution in [0.4, 0.5) is 16.4 Å². The molecule has 2 saturated heterocycles. The van der Waals surface area contributed by atoms with Crippen molar-refractivity contribution in [1.82, 2.24) is 34.4 Å². The zero-order valence-corrected chi connectivity index (χ0v) is 38.1. The standard InChI is InChI=1S/C32H48N12O16P2S2/c1-15(2)63-64-16(10-39-42-35)8-17(40-31(48)59-32(3,4)5)29(46)58-25-20(57-28(24(25)45)44-14-38-23-26(34)36-13-37-27(23)44)12-55-62(52,53)60-18-9-22(43-7-6-21(33)41-30(43)47)56-19(18)11-54-61(49,50)51/h6-7,13-20,22,24-25,28,45H,8-12H2,1-5H3,(H,40,48)(H,52,53)(H2,33,41,47)(H2,34,36,37)(H2,49,50,51)/t16?,17?,18-,19+,20+,22+,24+,25+,28+/m0/s1. The lowest BCUT2D eigenvalue weighted by atomic mass is 10.1. The number of nitrogens with zero attached hydrogens (tertiary/aromatic N) is 9. The number of esters is 1. The number of hydrogen-bond donors (Lipinski definition) is 7. The van der Waals surface area contributed by atoms with E-state index in [0.717, 1.165) is 10.9 Å². The number of phosphoric acid groups is 2. The summed E-state index contributed by atoms with van der Waals surface area (Å²) in [4.78, 5) is 88.1. The molecule has 2 fully saturated rings. The molecule has 3 unspecified atom stereocenters. The zero-order valence-electron chi connectivity index (χ0n) is 34.7. The van der Waals surface area contributed by atoms with Gasteiger partial charge >= 0.3 is 33.4 Å². The first-order chi connectivity index (χ1) is 29.9. The molecule has 2 aliphatic heterocycles. The third-order valence-corrected chi connectivity index (χ3v) is 13.8. The number of fused-ring (bicyclic) bond motifs is 1. The van der Waals surface area contributed by atoms with E-state index < -0.39 is 106 Å². The topological polar surface area (TPSA) is 405 Å². The Bertz CT molecular complexity index is 2330. The van der Waals surface area contributed by atoms with Crippen molar-refractivity contribution >= 4 is 72.1 Å². The number of azide groups is 1. The van der Waals surface area contributed by atoms with Gasteiger partial charge < -0.3 is 55.5 Å². The molecule has 64 heavy (non-hydrogen) atoms. The van der Waals surface area contributed by atoms with Crippen LogP contribution in [-0.2, 0) is 46.4 Å². The van der Waals surface area contributed by atoms with Crippen LogP contribution in [0.3, 0.4) is 0 Å². The van der Waals surface area contributed by atoms with Crippen molar-refractivity contribution < 1.29 is 71.0 Å². The number of aliphatic hydroxyl groups is 1. The third kappa shape index (κ3) is 14.2. The lowest BCUT2D eigenvalue weighted by molar-refractivity contribution is -0.159. The predicted octanol–water partition coefficient (Wildman–Crippen LogP) is 2.07. The molecule has 5 heterocycles. The van der Waals surface area contributed by atoms with E-state index in [2.05, 4.69) is 39.8 Å². The van der Waals surface area contributed by atoms with E-state index >= 15 is 0 Å². The van der Waals surface area contributed by atoms with Gasteiger partial charge in [-0.25, -0.2) is 38.5 Å². The van der Waals surface area contributed by atoms with Crippen LogP contribution in [0.5, 0.6) is 0 Å². The molecule has 1 amide bonds. The molecule has 0 saturated carbocycles. The van der Waals surface area contributed by atoms with Crippen LogP contribution >= 0.6 is 37.2 Å². The van der Waals surface area contributed by atoms with E-state index in [0.29, 0.717) is 0 Å². The van der Waals surface area contributed by atoms with E-state index in [1.165, 1.54) is 44.7 Å². The predicted molar refractivity (Wildman–Crippen MR) is 226 cm³/mol. The molecule has 32 heteroatoms. The first-order valence-corrected chi connectivity index (χ1v) is 24.4. The van der Waals surface area contributed by atoms with Gasteiger partial charge in [-0.3, -0.25) is 22.7 Å². The number of phosphoric ester groups is 2. The third-order valence-electron chi connectivity index (χ3n) is 8.85. The van der Waals surface area contributed by atoms with Gasteiger partial charge in [0.25, 0.3) is 0 Å². The first-order valence-electron chi connectivity index (χ1n) is 19.1. The molecular formula is C32H48N12O16P2S2. The van der Waals surface area contributed by atoms with Gasteiger partial charge in [-0.2, -0.15) is 4.98 Å². The van der Waals surface area contributed by atoms with Crippen LogP contribution < -0.4 is 22.5 Å². The molecule has 0 spiro atoms. The summed E-state index contributed by atoms with van der Waals surface area (Å²) in [7, 11) is -7.64. The molecule has 0 bridgehead atoms. The second kappa shape index (κ2) is 21.5. The minimum atomic E-state index is -5.27. The molecule has 5 rings (SSSR count). The largest absolute Gasteiger partial charge is 0.472 e. The second-order valence-electron chi connectivity index (χ2n) is 15.4. The van der Waals surface area contributed by atoms with E-state index in [1.807, 2.05) is 13.8 Å². The zero-order chi connectivity index (χ0) is 47.1. The highest BCUT2D eigenvalue weighted by Gasteiger charge is 2.50. The van der Waals surface area contributed by atoms with Crippen molar-refractivity contribution in [3.8, 4) is 0 Å². The van der Waals surface area contributed by atoms with E-state index in [4.69, 9.17) is 45.0 Å². The molecule has 0 aromatic carbocycles. The van der Waals surface area contributed by atoms with Gasteiger partial charge in [-0.05, 0) is 38.8 Å². The highest BCUT2D eigenvalue weighted by atomic mass is 33.1. The van der Waals surface area contributed by atoms with Crippen molar-refractivity contribution in [2.24, 2.45) is 5.11 Å². The fourth-order valence-electron chi connectivity index (χ4n) is 6.21. The number of aromatic nitrogens is 6. The SMILES string of the molecule is CC(C)SSC(CN=[N+]=[N-])CC(NC(=O)OC(C)(C)C)C(=O)O[C@H]1[C@@H](O)[C@H](n2cnc3c(N)ncnc32)O[C@@H]1COP(=O)(O)O[C@H]1C[C@H](n2ccc(N)nc2=O)O[C@@H]1COP(=O)(O)O. The Morgan fingerprint density at radius 1 is 1.09 bits per heavy atom. The van der Waals surface area contributed by atoms with Gasteiger partial charge in [-0.15, -0.1) is 0 Å². The number of nitrogens with one attached hydrogen (secondary N) is 1. The Kier molecular flexibility index (Phi) is 17.1. The Balaban J connectivity index is 1.42. The summed E-state index contributed by atoms with van der Waals surface area (Å²) < 4.78 is 65.7. The summed E-state index contributed by atoms with van der Waals surface area (Å²) in [6.45, 7) is 6.76. The van der Waals surface area contributed by atoms with Crippen molar-refractivity contribution in [3.05, 3.63) is 45.8 Å². The van der Waals surface area contributed by atoms with Crippen molar-refractivity contribution in [2.45, 2.75) is 113 Å². The van der Waals surface area contributed by atoms with Crippen molar-refractivity contribution in [1.29, 1.82) is 0 Å². The Hall–Kier alpha value is -4.12. The maximum absolute atomic E-state index is 14.2. The summed E-state index contributed by atoms with van der Waals surface area (Å²) >= 11 is 0. The van der Waals surface area contributed by atoms with Crippen LogP contribution in [0.2, 0.25) is 0 Å². The van der Waals surface area contributed by atoms with E-state index in [1.54, 1.807) is 20.8 Å². The Morgan fingerprint density at radius 2 is 1.81 bits per heavy atom. The van der Waals surface area contributed by atoms with Gasteiger partial charge in [0, 0.05) is 34.6 Å². The molecule has 10 atom stereocenters. The molecule has 0 radical (unpaired) electrons. The number of amides is 1. The number of anilines is 2. The van der Waals surface area contributed by atoms with Gasteiger partial charge in [0.2, 0.25) is 0 Å². The summed E-state index contributed by atoms with van der Waals surface area (Å²) in [5, 5.41) is 17.5. The number of nitrogen functional groups attached to an aromatic ring is 2. The number of ether oxygens (including phenoxy) is 4. The lowest BCUT2D eigenvalue weighted by Gasteiger charge is -2.28. The maximum atomic E-state index is 14.2. The number of aliphatic hydroxyl groups excluding tert-OH is 1. The van der Waals surface area contributed by atoms with Gasteiger partial charge in [0.05, 0.1) is 19.5 Å². The summed E-state index contributed by atoms with van der Waals surface area (Å²) in [5.41, 5.74) is 18.9.